The fourth-order valence-corrected chi connectivity index (χ4v) is 4.91. The Balaban J connectivity index is 1.36. The Bertz CT molecular complexity index is 1270. The van der Waals surface area contributed by atoms with Gasteiger partial charge in [0.25, 0.3) is 0 Å². The quantitative estimate of drug-likeness (QED) is 0.302. The number of carboxylic acids is 1. The zero-order chi connectivity index (χ0) is 26.2. The van der Waals surface area contributed by atoms with E-state index in [2.05, 4.69) is 5.32 Å². The Labute approximate surface area is 203 Å². The van der Waals surface area contributed by atoms with Crippen LogP contribution in [0.4, 0.5) is 24.2 Å². The number of halogens is 5. The molecule has 0 heterocycles. The Morgan fingerprint density at radius 1 is 0.861 bits per heavy atom. The second kappa shape index (κ2) is 8.51. The van der Waals surface area contributed by atoms with Crippen molar-refractivity contribution in [1.82, 2.24) is 5.32 Å². The first-order valence-corrected chi connectivity index (χ1v) is 12.9. The zero-order valence-electron chi connectivity index (χ0n) is 18.7. The second-order valence-corrected chi connectivity index (χ2v) is 10.9. The molecule has 0 bridgehead atoms. The lowest BCUT2D eigenvalue weighted by atomic mass is 9.98. The smallest absolute Gasteiger partial charge is 0.407 e. The van der Waals surface area contributed by atoms with Gasteiger partial charge in [-0.05, 0) is 52.8 Å². The van der Waals surface area contributed by atoms with Gasteiger partial charge in [0.05, 0.1) is 0 Å². The van der Waals surface area contributed by atoms with Crippen LogP contribution in [0.2, 0.25) is 0 Å². The Morgan fingerprint density at radius 3 is 1.89 bits per heavy atom. The van der Waals surface area contributed by atoms with E-state index in [1.807, 2.05) is 48.5 Å². The summed E-state index contributed by atoms with van der Waals surface area (Å²) >= 11 is 0. The number of hydrogen-bond acceptors (Lipinski definition) is 3. The summed E-state index contributed by atoms with van der Waals surface area (Å²) in [5, 5.41) is 11.7. The third-order valence-corrected chi connectivity index (χ3v) is 7.19. The van der Waals surface area contributed by atoms with E-state index in [-0.39, 0.29) is 43.1 Å². The van der Waals surface area contributed by atoms with Crippen molar-refractivity contribution in [3.05, 3.63) is 89.5 Å². The van der Waals surface area contributed by atoms with Gasteiger partial charge in [-0.25, -0.2) is 9.59 Å². The molecule has 4 rings (SSSR count). The van der Waals surface area contributed by atoms with Crippen LogP contribution in [0.5, 0.6) is 0 Å². The van der Waals surface area contributed by atoms with E-state index in [0.717, 1.165) is 34.4 Å². The summed E-state index contributed by atoms with van der Waals surface area (Å²) in [5.41, 5.74) is 4.23. The van der Waals surface area contributed by atoms with Gasteiger partial charge in [0.15, 0.2) is 0 Å². The molecule has 1 aliphatic carbocycles. The van der Waals surface area contributed by atoms with Gasteiger partial charge in [-0.3, -0.25) is 0 Å². The Kier molecular flexibility index (Phi) is 6.02. The zero-order valence-corrected chi connectivity index (χ0v) is 19.5. The lowest BCUT2D eigenvalue weighted by molar-refractivity contribution is -0.139. The molecular weight excluding hydrogens is 505 g/mol. The summed E-state index contributed by atoms with van der Waals surface area (Å²) in [7, 11) is -9.78. The first-order valence-electron chi connectivity index (χ1n) is 10.9. The van der Waals surface area contributed by atoms with Gasteiger partial charge in [-0.2, -0.15) is 0 Å². The van der Waals surface area contributed by atoms with Crippen molar-refractivity contribution < 1.29 is 38.9 Å². The Hall–Kier alpha value is -3.60. The summed E-state index contributed by atoms with van der Waals surface area (Å²) in [4.78, 5) is 22.0. The molecule has 36 heavy (non-hydrogen) atoms. The number of benzene rings is 3. The summed E-state index contributed by atoms with van der Waals surface area (Å²) < 4.78 is 69.6. The highest BCUT2D eigenvalue weighted by atomic mass is 32.5. The van der Waals surface area contributed by atoms with Crippen LogP contribution in [-0.2, 0) is 16.0 Å². The minimum atomic E-state index is -9.78. The van der Waals surface area contributed by atoms with E-state index < -0.39 is 33.2 Å². The van der Waals surface area contributed by atoms with Crippen molar-refractivity contribution in [1.29, 1.82) is 0 Å². The largest absolute Gasteiger partial charge is 0.480 e. The number of carbonyl (C=O) groups is 2. The molecule has 3 aromatic carbocycles. The summed E-state index contributed by atoms with van der Waals surface area (Å²) in [5.74, 6) is -1.59. The van der Waals surface area contributed by atoms with E-state index in [9.17, 15) is 34.1 Å². The van der Waals surface area contributed by atoms with Gasteiger partial charge in [0, 0.05) is 5.92 Å². The van der Waals surface area contributed by atoms with Gasteiger partial charge < -0.3 is 15.2 Å². The standard InChI is InChI=1S/C25H22F5NO4S/c26-36(27,28,29,30)17-12-9-16(10-13-17)11-14-23(24(32)33)31-25(34)35-15-22-20-7-3-1-5-18(20)19-6-2-4-8-21(19)22/h1-10,12-13,22-23H,11,14-15H2,(H,31,34)(H,32,33). The van der Waals surface area contributed by atoms with Gasteiger partial charge in [0.2, 0.25) is 0 Å². The average Bonchev–Trinajstić information content (AvgIpc) is 3.13. The number of carboxylic acid groups (broad SMARTS) is 1. The number of ether oxygens (including phenoxy) is 1. The highest BCUT2D eigenvalue weighted by Gasteiger charge is 2.65. The van der Waals surface area contributed by atoms with Crippen LogP contribution in [0, 0.1) is 0 Å². The maximum Gasteiger partial charge on any atom is 0.407 e. The number of carbonyl (C=O) groups excluding carboxylic acids is 1. The molecule has 1 atom stereocenters. The minimum Gasteiger partial charge on any atom is -0.480 e. The van der Waals surface area contributed by atoms with Crippen LogP contribution in [-0.4, -0.2) is 29.8 Å². The molecular formula is C25H22F5NO4S. The molecule has 0 saturated carbocycles. The molecule has 1 aliphatic rings. The van der Waals surface area contributed by atoms with Crippen LogP contribution < -0.4 is 5.32 Å². The summed E-state index contributed by atoms with van der Waals surface area (Å²) in [6, 6.07) is 16.2. The van der Waals surface area contributed by atoms with Crippen molar-refractivity contribution in [2.75, 3.05) is 6.61 Å². The molecule has 3 aromatic rings. The first kappa shape index (κ1) is 25.5. The molecule has 192 valence electrons. The molecule has 1 amide bonds. The molecule has 1 unspecified atom stereocenters. The first-order chi connectivity index (χ1) is 16.7. The molecule has 0 aromatic heterocycles. The van der Waals surface area contributed by atoms with Crippen molar-refractivity contribution in [2.45, 2.75) is 29.7 Å². The molecule has 0 aliphatic heterocycles. The van der Waals surface area contributed by atoms with Crippen molar-refractivity contribution in [3.8, 4) is 11.1 Å². The van der Waals surface area contributed by atoms with Crippen LogP contribution >= 0.6 is 10.2 Å². The SMILES string of the molecule is O=C(NC(CCc1ccc(S(F)(F)(F)(F)F)cc1)C(=O)O)OCC1c2ccccc2-c2ccccc21. The molecule has 5 nitrogen and oxygen atoms in total. The highest BCUT2D eigenvalue weighted by Crippen LogP contribution is 3.02. The molecule has 2 N–H and O–H groups in total. The topological polar surface area (TPSA) is 75.6 Å². The predicted octanol–water partition coefficient (Wildman–Crippen LogP) is 7.27. The van der Waals surface area contributed by atoms with E-state index in [1.165, 1.54) is 0 Å². The van der Waals surface area contributed by atoms with Gasteiger partial charge >= 0.3 is 22.3 Å². The lowest BCUT2D eigenvalue weighted by Crippen LogP contribution is -2.41. The number of aryl methyl sites for hydroxylation is 1. The van der Waals surface area contributed by atoms with E-state index in [0.29, 0.717) is 0 Å². The molecule has 0 fully saturated rings. The number of rotatable bonds is 8. The average molecular weight is 528 g/mol. The number of hydrogen-bond donors (Lipinski definition) is 2. The van der Waals surface area contributed by atoms with Crippen molar-refractivity contribution in [2.24, 2.45) is 0 Å². The molecule has 0 radical (unpaired) electrons. The van der Waals surface area contributed by atoms with Crippen molar-refractivity contribution >= 4 is 22.3 Å². The normalized spacial score (nSPS) is 15.7. The monoisotopic (exact) mass is 527 g/mol. The number of nitrogens with one attached hydrogen (secondary N) is 1. The highest BCUT2D eigenvalue weighted by molar-refractivity contribution is 8.45. The summed E-state index contributed by atoms with van der Waals surface area (Å²) in [6.07, 6.45) is -1.21. The fraction of sp³-hybridized carbons (Fsp3) is 0.200. The number of aliphatic carboxylic acids is 1. The van der Waals surface area contributed by atoms with E-state index in [4.69, 9.17) is 4.74 Å². The Morgan fingerprint density at radius 2 is 1.39 bits per heavy atom. The van der Waals surface area contributed by atoms with Gasteiger partial charge in [-0.1, -0.05) is 80.1 Å². The fourth-order valence-electron chi connectivity index (χ4n) is 4.26. The predicted molar refractivity (Wildman–Crippen MR) is 126 cm³/mol. The van der Waals surface area contributed by atoms with Gasteiger partial charge in [-0.15, -0.1) is 0 Å². The third kappa shape index (κ3) is 5.62. The maximum absolute atomic E-state index is 12.9. The van der Waals surface area contributed by atoms with Gasteiger partial charge in [0.1, 0.15) is 17.5 Å². The molecule has 0 spiro atoms. The molecule has 11 heteroatoms. The third-order valence-electron chi connectivity index (χ3n) is 6.02. The van der Waals surface area contributed by atoms with Crippen LogP contribution in [0.25, 0.3) is 11.1 Å². The molecule has 0 saturated heterocycles. The number of fused-ring (bicyclic) bond motifs is 3. The second-order valence-electron chi connectivity index (χ2n) is 8.51. The summed E-state index contributed by atoms with van der Waals surface area (Å²) in [6.45, 7) is -0.0258. The number of alkyl carbamates (subject to hydrolysis) is 1. The minimum absolute atomic E-state index is 0.0258. The van der Waals surface area contributed by atoms with E-state index in [1.54, 1.807) is 0 Å². The van der Waals surface area contributed by atoms with Crippen LogP contribution in [0.1, 0.15) is 29.0 Å². The van der Waals surface area contributed by atoms with Crippen LogP contribution in [0.15, 0.2) is 77.7 Å². The maximum atomic E-state index is 12.9. The van der Waals surface area contributed by atoms with Crippen LogP contribution in [0.3, 0.4) is 0 Å². The number of amides is 1. The lowest BCUT2D eigenvalue weighted by Gasteiger charge is -2.40. The van der Waals surface area contributed by atoms with E-state index >= 15 is 0 Å². The van der Waals surface area contributed by atoms with Crippen molar-refractivity contribution in [3.63, 3.8) is 0 Å².